The molecule has 2 rings (SSSR count). The van der Waals surface area contributed by atoms with Gasteiger partial charge in [0.25, 0.3) is 0 Å². The molecule has 0 bridgehead atoms. The number of hydrogen-bond acceptors (Lipinski definition) is 3. The molecule has 0 radical (unpaired) electrons. The van der Waals surface area contributed by atoms with E-state index < -0.39 is 0 Å². The Kier molecular flexibility index (Phi) is 4.56. The maximum atomic E-state index is 9.16. The molecule has 0 aliphatic rings. The summed E-state index contributed by atoms with van der Waals surface area (Å²) >= 11 is 3.35. The molecule has 0 atom stereocenters. The molecule has 3 nitrogen and oxygen atoms in total. The average Bonchev–Trinajstić information content (AvgIpc) is 2.39. The van der Waals surface area contributed by atoms with Gasteiger partial charge in [0.2, 0.25) is 0 Å². The number of aliphatic hydroxyl groups excluding tert-OH is 1. The number of benzene rings is 1. The van der Waals surface area contributed by atoms with Gasteiger partial charge >= 0.3 is 0 Å². The number of hydrogen-bond donors (Lipinski definition) is 1. The number of halogens is 1. The summed E-state index contributed by atoms with van der Waals surface area (Å²) in [5.41, 5.74) is 3.85. The topological polar surface area (TPSA) is 42.4 Å². The molecule has 1 N–H and O–H groups in total. The van der Waals surface area contributed by atoms with Crippen molar-refractivity contribution >= 4 is 15.9 Å². The summed E-state index contributed by atoms with van der Waals surface area (Å²) in [6.07, 6.45) is 1.76. The maximum absolute atomic E-state index is 9.16. The zero-order valence-electron chi connectivity index (χ0n) is 11.0. The van der Waals surface area contributed by atoms with Gasteiger partial charge < -0.3 is 9.84 Å². The highest BCUT2D eigenvalue weighted by molar-refractivity contribution is 9.10. The van der Waals surface area contributed by atoms with Gasteiger partial charge in [-0.3, -0.25) is 4.98 Å². The first kappa shape index (κ1) is 14.0. The number of pyridine rings is 1. The van der Waals surface area contributed by atoms with Crippen LogP contribution in [0.5, 0.6) is 5.75 Å². The largest absolute Gasteiger partial charge is 0.487 e. The lowest BCUT2D eigenvalue weighted by Gasteiger charge is -2.13. The van der Waals surface area contributed by atoms with Crippen molar-refractivity contribution in [3.63, 3.8) is 0 Å². The van der Waals surface area contributed by atoms with Crippen LogP contribution in [0.25, 0.3) is 0 Å². The van der Waals surface area contributed by atoms with Crippen LogP contribution in [0, 0.1) is 13.8 Å². The van der Waals surface area contributed by atoms with E-state index in [1.165, 1.54) is 0 Å². The molecule has 1 aromatic carbocycles. The number of ether oxygens (including phenoxy) is 1. The minimum Gasteiger partial charge on any atom is -0.487 e. The van der Waals surface area contributed by atoms with Crippen molar-refractivity contribution in [1.29, 1.82) is 0 Å². The quantitative estimate of drug-likeness (QED) is 0.936. The van der Waals surface area contributed by atoms with Crippen LogP contribution in [-0.4, -0.2) is 10.1 Å². The Hall–Kier alpha value is -1.39. The molecule has 0 saturated heterocycles. The second kappa shape index (κ2) is 6.17. The predicted molar refractivity (Wildman–Crippen MR) is 78.1 cm³/mol. The van der Waals surface area contributed by atoms with Gasteiger partial charge in [0.05, 0.1) is 12.3 Å². The van der Waals surface area contributed by atoms with Crippen LogP contribution < -0.4 is 4.74 Å². The number of rotatable bonds is 4. The lowest BCUT2D eigenvalue weighted by atomic mass is 10.1. The molecular weight excluding hydrogens is 306 g/mol. The van der Waals surface area contributed by atoms with E-state index in [-0.39, 0.29) is 6.61 Å². The fourth-order valence-electron chi connectivity index (χ4n) is 2.00. The third kappa shape index (κ3) is 3.55. The van der Waals surface area contributed by atoms with Gasteiger partial charge in [0, 0.05) is 10.7 Å². The van der Waals surface area contributed by atoms with Crippen LogP contribution in [0.4, 0.5) is 0 Å². The van der Waals surface area contributed by atoms with Gasteiger partial charge in [-0.1, -0.05) is 12.1 Å². The fraction of sp³-hybridized carbons (Fsp3) is 0.267. The van der Waals surface area contributed by atoms with Gasteiger partial charge in [-0.25, -0.2) is 0 Å². The summed E-state index contributed by atoms with van der Waals surface area (Å²) in [6.45, 7) is 4.46. The average molecular weight is 322 g/mol. The first-order valence-corrected chi connectivity index (χ1v) is 6.83. The van der Waals surface area contributed by atoms with E-state index in [4.69, 9.17) is 9.84 Å². The van der Waals surface area contributed by atoms with Gasteiger partial charge in [-0.15, -0.1) is 0 Å². The van der Waals surface area contributed by atoms with Gasteiger partial charge in [0.15, 0.2) is 0 Å². The molecule has 1 heterocycles. The fourth-order valence-corrected chi connectivity index (χ4v) is 2.23. The lowest BCUT2D eigenvalue weighted by Crippen LogP contribution is -2.01. The van der Waals surface area contributed by atoms with Gasteiger partial charge in [-0.2, -0.15) is 0 Å². The van der Waals surface area contributed by atoms with Gasteiger partial charge in [0.1, 0.15) is 12.4 Å². The molecule has 0 amide bonds. The summed E-state index contributed by atoms with van der Waals surface area (Å²) in [6, 6.07) is 7.76. The molecule has 4 heteroatoms. The molecule has 0 aliphatic heterocycles. The molecule has 1 aromatic heterocycles. The number of aryl methyl sites for hydroxylation is 2. The maximum Gasteiger partial charge on any atom is 0.130 e. The van der Waals surface area contributed by atoms with Crippen molar-refractivity contribution in [1.82, 2.24) is 4.98 Å². The van der Waals surface area contributed by atoms with Crippen LogP contribution in [0.15, 0.2) is 34.9 Å². The van der Waals surface area contributed by atoms with E-state index in [9.17, 15) is 0 Å². The van der Waals surface area contributed by atoms with E-state index in [1.54, 1.807) is 6.20 Å². The number of aliphatic hydroxyl groups is 1. The molecule has 0 unspecified atom stereocenters. The second-order valence-corrected chi connectivity index (χ2v) is 5.39. The summed E-state index contributed by atoms with van der Waals surface area (Å²) in [5, 5.41) is 9.16. The van der Waals surface area contributed by atoms with Crippen LogP contribution in [0.2, 0.25) is 0 Å². The zero-order valence-corrected chi connectivity index (χ0v) is 12.6. The van der Waals surface area contributed by atoms with Crippen molar-refractivity contribution in [2.75, 3.05) is 0 Å². The van der Waals surface area contributed by atoms with E-state index >= 15 is 0 Å². The third-order valence-electron chi connectivity index (χ3n) is 2.86. The molecule has 2 aromatic rings. The predicted octanol–water partition coefficient (Wildman–Crippen LogP) is 3.53. The second-order valence-electron chi connectivity index (χ2n) is 4.47. The van der Waals surface area contributed by atoms with Crippen molar-refractivity contribution in [2.45, 2.75) is 27.1 Å². The molecule has 0 spiro atoms. The Morgan fingerprint density at radius 1 is 1.21 bits per heavy atom. The first-order valence-electron chi connectivity index (χ1n) is 6.04. The Morgan fingerprint density at radius 2 is 1.89 bits per heavy atom. The Labute approximate surface area is 121 Å². The van der Waals surface area contributed by atoms with E-state index in [2.05, 4.69) is 20.9 Å². The summed E-state index contributed by atoms with van der Waals surface area (Å²) in [5.74, 6) is 0.863. The molecule has 0 fully saturated rings. The highest BCUT2D eigenvalue weighted by Gasteiger charge is 2.07. The van der Waals surface area contributed by atoms with Crippen molar-refractivity contribution in [3.05, 3.63) is 57.3 Å². The summed E-state index contributed by atoms with van der Waals surface area (Å²) < 4.78 is 6.79. The first-order chi connectivity index (χ1) is 9.10. The Balaban J connectivity index is 2.13. The minimum absolute atomic E-state index is 0.0518. The summed E-state index contributed by atoms with van der Waals surface area (Å²) in [7, 11) is 0. The molecule has 0 aliphatic carbocycles. The van der Waals surface area contributed by atoms with E-state index in [1.807, 2.05) is 38.1 Å². The third-order valence-corrected chi connectivity index (χ3v) is 3.32. The SMILES string of the molecule is Cc1cc(CO)cc(C)c1OCc1ccc(Br)cn1. The standard InChI is InChI=1S/C15H16BrNO2/c1-10-5-12(8-18)6-11(2)15(10)19-9-14-4-3-13(16)7-17-14/h3-7,18H,8-9H2,1-2H3. The lowest BCUT2D eigenvalue weighted by molar-refractivity contribution is 0.279. The molecule has 100 valence electrons. The summed E-state index contributed by atoms with van der Waals surface area (Å²) in [4.78, 5) is 4.27. The van der Waals surface area contributed by atoms with E-state index in [0.29, 0.717) is 6.61 Å². The molecular formula is C15H16BrNO2. The minimum atomic E-state index is 0.0518. The van der Waals surface area contributed by atoms with Crippen molar-refractivity contribution < 1.29 is 9.84 Å². The highest BCUT2D eigenvalue weighted by Crippen LogP contribution is 2.25. The van der Waals surface area contributed by atoms with Crippen LogP contribution in [0.3, 0.4) is 0 Å². The Morgan fingerprint density at radius 3 is 2.42 bits per heavy atom. The number of aromatic nitrogens is 1. The number of nitrogens with zero attached hydrogens (tertiary/aromatic N) is 1. The monoisotopic (exact) mass is 321 g/mol. The highest BCUT2D eigenvalue weighted by atomic mass is 79.9. The Bertz CT molecular complexity index is 544. The molecule has 19 heavy (non-hydrogen) atoms. The zero-order chi connectivity index (χ0) is 13.8. The normalized spacial score (nSPS) is 10.5. The van der Waals surface area contributed by atoms with Crippen molar-refractivity contribution in [2.24, 2.45) is 0 Å². The van der Waals surface area contributed by atoms with Crippen LogP contribution >= 0.6 is 15.9 Å². The molecule has 0 saturated carbocycles. The van der Waals surface area contributed by atoms with Crippen LogP contribution in [-0.2, 0) is 13.2 Å². The smallest absolute Gasteiger partial charge is 0.130 e. The van der Waals surface area contributed by atoms with Gasteiger partial charge in [-0.05, 0) is 58.6 Å². The van der Waals surface area contributed by atoms with E-state index in [0.717, 1.165) is 32.6 Å². The van der Waals surface area contributed by atoms with Crippen molar-refractivity contribution in [3.8, 4) is 5.75 Å². The van der Waals surface area contributed by atoms with Crippen LogP contribution in [0.1, 0.15) is 22.4 Å².